The second kappa shape index (κ2) is 5.74. The quantitative estimate of drug-likeness (QED) is 0.895. The minimum absolute atomic E-state index is 0.108. The Morgan fingerprint density at radius 3 is 2.70 bits per heavy atom. The predicted octanol–water partition coefficient (Wildman–Crippen LogP) is 3.51. The minimum atomic E-state index is 0.108. The van der Waals surface area contributed by atoms with Gasteiger partial charge in [0.05, 0.1) is 0 Å². The van der Waals surface area contributed by atoms with Crippen LogP contribution in [0.1, 0.15) is 37.7 Å². The molecule has 1 amide bonds. The fourth-order valence-electron chi connectivity index (χ4n) is 3.49. The van der Waals surface area contributed by atoms with Crippen molar-refractivity contribution in [1.29, 1.82) is 0 Å². The van der Waals surface area contributed by atoms with E-state index in [-0.39, 0.29) is 5.91 Å². The number of anilines is 1. The van der Waals surface area contributed by atoms with E-state index in [9.17, 15) is 4.79 Å². The maximum atomic E-state index is 12.1. The molecule has 2 aliphatic heterocycles. The zero-order valence-corrected chi connectivity index (χ0v) is 12.5. The molecule has 2 unspecified atom stereocenters. The summed E-state index contributed by atoms with van der Waals surface area (Å²) < 4.78 is 0. The maximum Gasteiger partial charge on any atom is 0.224 e. The van der Waals surface area contributed by atoms with Crippen molar-refractivity contribution in [2.75, 3.05) is 5.32 Å². The first-order valence-corrected chi connectivity index (χ1v) is 7.80. The van der Waals surface area contributed by atoms with Gasteiger partial charge in [-0.15, -0.1) is 0 Å². The Morgan fingerprint density at radius 2 is 2.05 bits per heavy atom. The number of amides is 1. The van der Waals surface area contributed by atoms with Gasteiger partial charge in [-0.2, -0.15) is 0 Å². The maximum absolute atomic E-state index is 12.1. The first-order valence-electron chi connectivity index (χ1n) is 7.42. The van der Waals surface area contributed by atoms with Gasteiger partial charge in [0.1, 0.15) is 0 Å². The van der Waals surface area contributed by atoms with Crippen molar-refractivity contribution in [2.45, 2.75) is 51.1 Å². The van der Waals surface area contributed by atoms with Crippen molar-refractivity contribution in [3.05, 3.63) is 28.8 Å². The van der Waals surface area contributed by atoms with E-state index in [4.69, 9.17) is 11.6 Å². The lowest BCUT2D eigenvalue weighted by atomic mass is 9.89. The normalized spacial score (nSPS) is 28.4. The Morgan fingerprint density at radius 1 is 1.35 bits per heavy atom. The van der Waals surface area contributed by atoms with Gasteiger partial charge < -0.3 is 10.6 Å². The molecule has 4 heteroatoms. The smallest absolute Gasteiger partial charge is 0.224 e. The molecule has 1 aromatic carbocycles. The highest BCUT2D eigenvalue weighted by molar-refractivity contribution is 6.31. The Kier molecular flexibility index (Phi) is 3.99. The molecule has 2 saturated heterocycles. The van der Waals surface area contributed by atoms with E-state index in [0.29, 0.717) is 29.4 Å². The summed E-state index contributed by atoms with van der Waals surface area (Å²) in [6, 6.07) is 6.94. The lowest BCUT2D eigenvalue weighted by Gasteiger charge is -2.28. The highest BCUT2D eigenvalue weighted by atomic mass is 35.5. The molecule has 0 radical (unpaired) electrons. The fraction of sp³-hybridized carbons (Fsp3) is 0.562. The molecule has 0 saturated carbocycles. The zero-order chi connectivity index (χ0) is 14.1. The van der Waals surface area contributed by atoms with Crippen LogP contribution in [0.25, 0.3) is 0 Å². The molecular formula is C16H21ClN2O. The van der Waals surface area contributed by atoms with Crippen LogP contribution in [0, 0.1) is 12.8 Å². The van der Waals surface area contributed by atoms with Gasteiger partial charge in [-0.3, -0.25) is 4.79 Å². The zero-order valence-electron chi connectivity index (χ0n) is 11.8. The first kappa shape index (κ1) is 13.9. The van der Waals surface area contributed by atoms with Crippen LogP contribution in [0.5, 0.6) is 0 Å². The second-order valence-electron chi connectivity index (χ2n) is 6.19. The van der Waals surface area contributed by atoms with E-state index in [1.807, 2.05) is 25.1 Å². The molecule has 0 aliphatic carbocycles. The topological polar surface area (TPSA) is 41.1 Å². The van der Waals surface area contributed by atoms with Gasteiger partial charge in [0, 0.05) is 29.2 Å². The highest BCUT2D eigenvalue weighted by Crippen LogP contribution is 2.32. The van der Waals surface area contributed by atoms with Gasteiger partial charge in [0.2, 0.25) is 5.91 Å². The Labute approximate surface area is 125 Å². The number of carbonyl (C=O) groups is 1. The fourth-order valence-corrected chi connectivity index (χ4v) is 3.67. The average Bonchev–Trinajstić information content (AvgIpc) is 2.73. The van der Waals surface area contributed by atoms with Crippen molar-refractivity contribution in [3.63, 3.8) is 0 Å². The number of aryl methyl sites for hydroxylation is 1. The van der Waals surface area contributed by atoms with Crippen LogP contribution in [0.4, 0.5) is 5.69 Å². The molecule has 3 rings (SSSR count). The molecule has 2 aliphatic rings. The van der Waals surface area contributed by atoms with Crippen molar-refractivity contribution in [2.24, 2.45) is 5.92 Å². The molecule has 1 aromatic rings. The lowest BCUT2D eigenvalue weighted by Crippen LogP contribution is -2.39. The van der Waals surface area contributed by atoms with E-state index in [0.717, 1.165) is 24.1 Å². The van der Waals surface area contributed by atoms with Crippen LogP contribution >= 0.6 is 11.6 Å². The minimum Gasteiger partial charge on any atom is -0.326 e. The van der Waals surface area contributed by atoms with E-state index < -0.39 is 0 Å². The summed E-state index contributed by atoms with van der Waals surface area (Å²) in [5.41, 5.74) is 1.82. The number of piperidine rings is 1. The molecule has 2 fully saturated rings. The van der Waals surface area contributed by atoms with E-state index in [1.54, 1.807) is 0 Å². The summed E-state index contributed by atoms with van der Waals surface area (Å²) in [5.74, 6) is 0.630. The van der Waals surface area contributed by atoms with Crippen molar-refractivity contribution in [3.8, 4) is 0 Å². The van der Waals surface area contributed by atoms with E-state index in [2.05, 4.69) is 10.6 Å². The average molecular weight is 293 g/mol. The van der Waals surface area contributed by atoms with Crippen LogP contribution in [-0.2, 0) is 4.79 Å². The number of hydrogen-bond donors (Lipinski definition) is 2. The third-order valence-corrected chi connectivity index (χ3v) is 4.91. The van der Waals surface area contributed by atoms with Gasteiger partial charge in [-0.25, -0.2) is 0 Å². The molecule has 2 N–H and O–H groups in total. The summed E-state index contributed by atoms with van der Waals surface area (Å²) in [4.78, 5) is 12.1. The molecule has 108 valence electrons. The van der Waals surface area contributed by atoms with Crippen LogP contribution in [-0.4, -0.2) is 18.0 Å². The molecule has 2 bridgehead atoms. The predicted molar refractivity (Wildman–Crippen MR) is 82.1 cm³/mol. The van der Waals surface area contributed by atoms with Crippen LogP contribution in [0.3, 0.4) is 0 Å². The number of carbonyl (C=O) groups excluding carboxylic acids is 1. The van der Waals surface area contributed by atoms with Crippen LogP contribution < -0.4 is 10.6 Å². The third-order valence-electron chi connectivity index (χ3n) is 4.50. The standard InChI is InChI=1S/C16H21ClN2O/c1-10-2-3-14(9-15(10)17)19-16(20)8-11-6-12-4-5-13(7-11)18-12/h2-3,9,11-13,18H,4-8H2,1H3,(H,19,20). The largest absolute Gasteiger partial charge is 0.326 e. The molecular weight excluding hydrogens is 272 g/mol. The van der Waals surface area contributed by atoms with Gasteiger partial charge in [-0.1, -0.05) is 17.7 Å². The third kappa shape index (κ3) is 3.15. The van der Waals surface area contributed by atoms with E-state index in [1.165, 1.54) is 12.8 Å². The Balaban J connectivity index is 1.55. The summed E-state index contributed by atoms with van der Waals surface area (Å²) >= 11 is 6.08. The monoisotopic (exact) mass is 292 g/mol. The number of hydrogen-bond acceptors (Lipinski definition) is 2. The Bertz CT molecular complexity index is 505. The van der Waals surface area contributed by atoms with Crippen molar-refractivity contribution in [1.82, 2.24) is 5.32 Å². The van der Waals surface area contributed by atoms with Crippen molar-refractivity contribution >= 4 is 23.2 Å². The molecule has 0 aromatic heterocycles. The number of fused-ring (bicyclic) bond motifs is 2. The van der Waals surface area contributed by atoms with E-state index >= 15 is 0 Å². The number of nitrogens with one attached hydrogen (secondary N) is 2. The Hall–Kier alpha value is -1.06. The molecule has 0 spiro atoms. The summed E-state index contributed by atoms with van der Waals surface area (Å²) in [7, 11) is 0. The number of rotatable bonds is 3. The summed E-state index contributed by atoms with van der Waals surface area (Å²) in [5, 5.41) is 7.27. The van der Waals surface area contributed by atoms with Gasteiger partial charge in [-0.05, 0) is 56.2 Å². The van der Waals surface area contributed by atoms with Gasteiger partial charge >= 0.3 is 0 Å². The molecule has 2 heterocycles. The van der Waals surface area contributed by atoms with Crippen LogP contribution in [0.15, 0.2) is 18.2 Å². The van der Waals surface area contributed by atoms with Crippen LogP contribution in [0.2, 0.25) is 5.02 Å². The molecule has 20 heavy (non-hydrogen) atoms. The second-order valence-corrected chi connectivity index (χ2v) is 6.60. The molecule has 2 atom stereocenters. The lowest BCUT2D eigenvalue weighted by molar-refractivity contribution is -0.117. The SMILES string of the molecule is Cc1ccc(NC(=O)CC2CC3CCC(C2)N3)cc1Cl. The highest BCUT2D eigenvalue weighted by Gasteiger charge is 2.34. The summed E-state index contributed by atoms with van der Waals surface area (Å²) in [6.07, 6.45) is 5.45. The number of benzene rings is 1. The van der Waals surface area contributed by atoms with Crippen molar-refractivity contribution < 1.29 is 4.79 Å². The van der Waals surface area contributed by atoms with Gasteiger partial charge in [0.15, 0.2) is 0 Å². The number of halogens is 1. The first-order chi connectivity index (χ1) is 9.60. The summed E-state index contributed by atoms with van der Waals surface area (Å²) in [6.45, 7) is 1.96. The van der Waals surface area contributed by atoms with Gasteiger partial charge in [0.25, 0.3) is 0 Å². The molecule has 3 nitrogen and oxygen atoms in total.